The van der Waals surface area contributed by atoms with E-state index < -0.39 is 10.0 Å². The number of nitrogens with zero attached hydrogens (tertiary/aromatic N) is 3. The molecule has 8 heteroatoms. The molecule has 5 nitrogen and oxygen atoms in total. The van der Waals surface area contributed by atoms with Crippen molar-refractivity contribution in [3.8, 4) is 0 Å². The number of rotatable bonds is 3. The maximum Gasteiger partial charge on any atom is 0.243 e. The highest BCUT2D eigenvalue weighted by molar-refractivity contribution is 7.89. The van der Waals surface area contributed by atoms with Gasteiger partial charge in [-0.3, -0.25) is 0 Å². The van der Waals surface area contributed by atoms with Gasteiger partial charge in [-0.1, -0.05) is 29.3 Å². The van der Waals surface area contributed by atoms with Crippen LogP contribution in [-0.2, 0) is 10.0 Å². The summed E-state index contributed by atoms with van der Waals surface area (Å²) in [6, 6.07) is 11.1. The third kappa shape index (κ3) is 3.53. The van der Waals surface area contributed by atoms with Crippen molar-refractivity contribution in [2.75, 3.05) is 44.7 Å². The molecule has 0 unspecified atom stereocenters. The van der Waals surface area contributed by atoms with Crippen LogP contribution in [0.2, 0.25) is 10.0 Å². The molecule has 0 aromatic heterocycles. The van der Waals surface area contributed by atoms with E-state index in [-0.39, 0.29) is 10.9 Å². The molecule has 0 saturated carbocycles. The van der Waals surface area contributed by atoms with Gasteiger partial charge in [-0.15, -0.1) is 0 Å². The molecule has 3 aliphatic rings. The SMILES string of the molecule is CN1CCN(c2ccc3c(c2)[C@H]2C[C@@H]3CCN2S(=O)(=O)c2cc(Cl)cc(Cl)c2)CC1. The zero-order chi connectivity index (χ0) is 21.0. The number of halogens is 2. The molecule has 2 bridgehead atoms. The molecule has 2 fully saturated rings. The Labute approximate surface area is 188 Å². The van der Waals surface area contributed by atoms with Crippen LogP contribution in [0.25, 0.3) is 0 Å². The van der Waals surface area contributed by atoms with Crippen molar-refractivity contribution in [2.45, 2.75) is 29.7 Å². The smallest absolute Gasteiger partial charge is 0.243 e. The van der Waals surface area contributed by atoms with Crippen LogP contribution in [0.5, 0.6) is 0 Å². The fourth-order valence-corrected chi connectivity index (χ4v) is 7.45. The van der Waals surface area contributed by atoms with Crippen LogP contribution in [0.15, 0.2) is 41.3 Å². The molecule has 2 heterocycles. The Hall–Kier alpha value is -1.31. The lowest BCUT2D eigenvalue weighted by Gasteiger charge is -2.35. The Bertz CT molecular complexity index is 1060. The van der Waals surface area contributed by atoms with E-state index in [4.69, 9.17) is 23.2 Å². The van der Waals surface area contributed by atoms with Crippen LogP contribution in [0, 0.1) is 0 Å². The predicted molar refractivity (Wildman–Crippen MR) is 121 cm³/mol. The molecular weight excluding hydrogens is 441 g/mol. The number of benzene rings is 2. The molecular formula is C22H25Cl2N3O2S. The summed E-state index contributed by atoms with van der Waals surface area (Å²) >= 11 is 12.2. The second-order valence-electron chi connectivity index (χ2n) is 8.56. The third-order valence-corrected chi connectivity index (χ3v) is 9.06. The van der Waals surface area contributed by atoms with Crippen molar-refractivity contribution < 1.29 is 8.42 Å². The largest absolute Gasteiger partial charge is 0.369 e. The van der Waals surface area contributed by atoms with Gasteiger partial charge in [0.1, 0.15) is 0 Å². The number of likely N-dealkylation sites (N-methyl/N-ethyl adjacent to an activating group) is 1. The third-order valence-electron chi connectivity index (χ3n) is 6.73. The van der Waals surface area contributed by atoms with Gasteiger partial charge in [0.2, 0.25) is 10.0 Å². The number of hydrogen-bond acceptors (Lipinski definition) is 4. The Kier molecular flexibility index (Phi) is 5.27. The van der Waals surface area contributed by atoms with E-state index in [1.54, 1.807) is 10.4 Å². The lowest BCUT2D eigenvalue weighted by molar-refractivity contribution is 0.259. The molecule has 2 atom stereocenters. The van der Waals surface area contributed by atoms with Gasteiger partial charge in [0.25, 0.3) is 0 Å². The second-order valence-corrected chi connectivity index (χ2v) is 11.3. The average molecular weight is 466 g/mol. The van der Waals surface area contributed by atoms with Gasteiger partial charge in [0.15, 0.2) is 0 Å². The van der Waals surface area contributed by atoms with Crippen LogP contribution in [-0.4, -0.2) is 57.4 Å². The van der Waals surface area contributed by atoms with E-state index in [9.17, 15) is 8.42 Å². The highest BCUT2D eigenvalue weighted by Gasteiger charge is 2.44. The number of anilines is 1. The zero-order valence-electron chi connectivity index (χ0n) is 16.9. The van der Waals surface area contributed by atoms with Crippen LogP contribution in [0.3, 0.4) is 0 Å². The molecule has 30 heavy (non-hydrogen) atoms. The monoisotopic (exact) mass is 465 g/mol. The van der Waals surface area contributed by atoms with Crippen LogP contribution in [0.1, 0.15) is 35.9 Å². The standard InChI is InChI=1S/C22H25Cl2N3O2S/c1-25-6-8-26(9-7-25)18-2-3-20-15-4-5-27(22(10-15)21(20)14-18)30(28,29)19-12-16(23)11-17(24)13-19/h2-3,11-15,22H,4-10H2,1H3/t15-,22+/m0/s1. The molecule has 2 aromatic rings. The first kappa shape index (κ1) is 20.6. The zero-order valence-corrected chi connectivity index (χ0v) is 19.2. The molecule has 0 N–H and O–H groups in total. The number of fused-ring (bicyclic) bond motifs is 5. The first-order valence-corrected chi connectivity index (χ1v) is 12.6. The Balaban J connectivity index is 1.49. The Morgan fingerprint density at radius 2 is 1.60 bits per heavy atom. The van der Waals surface area contributed by atoms with Crippen molar-refractivity contribution in [3.63, 3.8) is 0 Å². The van der Waals surface area contributed by atoms with Crippen LogP contribution in [0.4, 0.5) is 5.69 Å². The van der Waals surface area contributed by atoms with E-state index in [2.05, 4.69) is 35.0 Å². The molecule has 2 saturated heterocycles. The van der Waals surface area contributed by atoms with Gasteiger partial charge in [-0.2, -0.15) is 4.31 Å². The summed E-state index contributed by atoms with van der Waals surface area (Å²) in [7, 11) is -1.54. The van der Waals surface area contributed by atoms with Gasteiger partial charge < -0.3 is 9.80 Å². The minimum atomic E-state index is -3.69. The molecule has 2 aromatic carbocycles. The average Bonchev–Trinajstić information content (AvgIpc) is 2.99. The molecule has 0 spiro atoms. The van der Waals surface area contributed by atoms with Gasteiger partial charge in [-0.05, 0) is 67.3 Å². The fraction of sp³-hybridized carbons (Fsp3) is 0.455. The van der Waals surface area contributed by atoms with E-state index in [0.29, 0.717) is 22.5 Å². The Morgan fingerprint density at radius 1 is 0.900 bits per heavy atom. The molecule has 0 radical (unpaired) electrons. The lowest BCUT2D eigenvalue weighted by atomic mass is 9.96. The maximum absolute atomic E-state index is 13.5. The van der Waals surface area contributed by atoms with Crippen molar-refractivity contribution in [2.24, 2.45) is 0 Å². The fourth-order valence-electron chi connectivity index (χ4n) is 5.09. The molecule has 1 aliphatic carbocycles. The van der Waals surface area contributed by atoms with Gasteiger partial charge >= 0.3 is 0 Å². The summed E-state index contributed by atoms with van der Waals surface area (Å²) in [5, 5.41) is 0.667. The van der Waals surface area contributed by atoms with Crippen molar-refractivity contribution in [1.82, 2.24) is 9.21 Å². The van der Waals surface area contributed by atoms with Crippen molar-refractivity contribution >= 4 is 38.9 Å². The quantitative estimate of drug-likeness (QED) is 0.674. The normalized spacial score (nSPS) is 24.8. The van der Waals surface area contributed by atoms with Crippen molar-refractivity contribution in [1.29, 1.82) is 0 Å². The number of piperazine rings is 1. The molecule has 160 valence electrons. The molecule has 5 rings (SSSR count). The van der Waals surface area contributed by atoms with Crippen LogP contribution < -0.4 is 4.90 Å². The minimum Gasteiger partial charge on any atom is -0.369 e. The first-order chi connectivity index (χ1) is 14.3. The Morgan fingerprint density at radius 3 is 2.30 bits per heavy atom. The number of sulfonamides is 1. The highest BCUT2D eigenvalue weighted by atomic mass is 35.5. The van der Waals surface area contributed by atoms with Gasteiger partial charge in [-0.25, -0.2) is 8.42 Å². The van der Waals surface area contributed by atoms with E-state index in [1.807, 2.05) is 0 Å². The summed E-state index contributed by atoms with van der Waals surface area (Å²) in [5.74, 6) is 0.431. The minimum absolute atomic E-state index is 0.131. The summed E-state index contributed by atoms with van der Waals surface area (Å²) in [6.45, 7) is 4.58. The van der Waals surface area contributed by atoms with E-state index in [0.717, 1.165) is 44.6 Å². The van der Waals surface area contributed by atoms with E-state index >= 15 is 0 Å². The summed E-state index contributed by atoms with van der Waals surface area (Å²) in [4.78, 5) is 4.90. The summed E-state index contributed by atoms with van der Waals surface area (Å²) < 4.78 is 28.7. The second kappa shape index (κ2) is 7.68. The predicted octanol–water partition coefficient (Wildman–Crippen LogP) is 4.37. The van der Waals surface area contributed by atoms with Gasteiger partial charge in [0, 0.05) is 48.5 Å². The van der Waals surface area contributed by atoms with Crippen molar-refractivity contribution in [3.05, 3.63) is 57.6 Å². The molecule has 2 aliphatic heterocycles. The molecule has 0 amide bonds. The first-order valence-electron chi connectivity index (χ1n) is 10.4. The summed E-state index contributed by atoms with van der Waals surface area (Å²) in [5.41, 5.74) is 3.66. The lowest BCUT2D eigenvalue weighted by Crippen LogP contribution is -2.44. The van der Waals surface area contributed by atoms with Gasteiger partial charge in [0.05, 0.1) is 10.9 Å². The maximum atomic E-state index is 13.5. The van der Waals surface area contributed by atoms with E-state index in [1.165, 1.54) is 23.4 Å². The highest BCUT2D eigenvalue weighted by Crippen LogP contribution is 2.51. The topological polar surface area (TPSA) is 43.9 Å². The van der Waals surface area contributed by atoms with Crippen LogP contribution >= 0.6 is 23.2 Å². The number of hydrogen-bond donors (Lipinski definition) is 0. The number of piperidine rings is 1. The summed E-state index contributed by atoms with van der Waals surface area (Å²) in [6.07, 6.45) is 1.68.